The highest BCUT2D eigenvalue weighted by molar-refractivity contribution is 6.63. The first-order valence-electron chi connectivity index (χ1n) is 6.17. The summed E-state index contributed by atoms with van der Waals surface area (Å²) in [5.41, 5.74) is 0.362. The standard InChI is InChI=1S/C13H17BN2O3/c1-12(2)13(3,4)19-14(18-12)11-9(7-15)5-6-16-10(11)8-17/h5-6,17H,8H2,1-4H3. The van der Waals surface area contributed by atoms with Crippen molar-refractivity contribution >= 4 is 12.6 Å². The van der Waals surface area contributed by atoms with E-state index < -0.39 is 18.3 Å². The lowest BCUT2D eigenvalue weighted by atomic mass is 9.75. The first-order valence-corrected chi connectivity index (χ1v) is 6.17. The molecule has 1 aromatic heterocycles. The number of aliphatic hydroxyl groups is 1. The molecule has 6 heteroatoms. The molecule has 0 radical (unpaired) electrons. The van der Waals surface area contributed by atoms with Crippen LogP contribution in [-0.2, 0) is 15.9 Å². The van der Waals surface area contributed by atoms with Crippen molar-refractivity contribution in [3.8, 4) is 6.07 Å². The molecule has 1 saturated heterocycles. The highest BCUT2D eigenvalue weighted by Gasteiger charge is 2.53. The Labute approximate surface area is 113 Å². The lowest BCUT2D eigenvalue weighted by molar-refractivity contribution is 0.00578. The molecule has 19 heavy (non-hydrogen) atoms. The predicted molar refractivity (Wildman–Crippen MR) is 70.6 cm³/mol. The van der Waals surface area contributed by atoms with Crippen LogP contribution in [-0.4, -0.2) is 28.4 Å². The predicted octanol–water partition coefficient (Wildman–Crippen LogP) is 0.745. The zero-order chi connectivity index (χ0) is 14.3. The van der Waals surface area contributed by atoms with Crippen molar-refractivity contribution in [3.05, 3.63) is 23.5 Å². The van der Waals surface area contributed by atoms with Gasteiger partial charge >= 0.3 is 7.12 Å². The van der Waals surface area contributed by atoms with E-state index in [1.165, 1.54) is 6.20 Å². The van der Waals surface area contributed by atoms with Crippen LogP contribution < -0.4 is 5.46 Å². The molecule has 2 rings (SSSR count). The molecule has 0 aliphatic carbocycles. The number of rotatable bonds is 2. The van der Waals surface area contributed by atoms with Gasteiger partial charge in [0.05, 0.1) is 35.1 Å². The van der Waals surface area contributed by atoms with E-state index in [1.54, 1.807) is 6.07 Å². The molecule has 0 amide bonds. The zero-order valence-electron chi connectivity index (χ0n) is 11.6. The first-order chi connectivity index (χ1) is 8.82. The lowest BCUT2D eigenvalue weighted by Gasteiger charge is -2.32. The second-order valence-electron chi connectivity index (χ2n) is 5.58. The van der Waals surface area contributed by atoms with Gasteiger partial charge in [-0.2, -0.15) is 5.26 Å². The van der Waals surface area contributed by atoms with E-state index in [-0.39, 0.29) is 6.61 Å². The first kappa shape index (κ1) is 14.0. The second kappa shape index (κ2) is 4.60. The Morgan fingerprint density at radius 3 is 2.37 bits per heavy atom. The fourth-order valence-electron chi connectivity index (χ4n) is 1.96. The summed E-state index contributed by atoms with van der Waals surface area (Å²) in [4.78, 5) is 4.08. The zero-order valence-corrected chi connectivity index (χ0v) is 11.6. The van der Waals surface area contributed by atoms with Gasteiger partial charge in [-0.05, 0) is 33.8 Å². The van der Waals surface area contributed by atoms with Gasteiger partial charge in [0.25, 0.3) is 0 Å². The number of hydrogen-bond donors (Lipinski definition) is 1. The van der Waals surface area contributed by atoms with Crippen LogP contribution >= 0.6 is 0 Å². The summed E-state index contributed by atoms with van der Waals surface area (Å²) in [7, 11) is -0.685. The fraction of sp³-hybridized carbons (Fsp3) is 0.538. The molecule has 2 heterocycles. The van der Waals surface area contributed by atoms with Gasteiger partial charge in [-0.3, -0.25) is 4.98 Å². The maximum atomic E-state index is 9.38. The van der Waals surface area contributed by atoms with E-state index in [1.807, 2.05) is 27.7 Å². The van der Waals surface area contributed by atoms with Gasteiger partial charge in [-0.25, -0.2) is 0 Å². The van der Waals surface area contributed by atoms with E-state index in [0.717, 1.165) is 0 Å². The summed E-state index contributed by atoms with van der Waals surface area (Å²) >= 11 is 0. The van der Waals surface area contributed by atoms with Gasteiger partial charge in [0.15, 0.2) is 0 Å². The van der Waals surface area contributed by atoms with Crippen molar-refractivity contribution in [1.29, 1.82) is 5.26 Å². The fourth-order valence-corrected chi connectivity index (χ4v) is 1.96. The number of nitrogens with zero attached hydrogens (tertiary/aromatic N) is 2. The van der Waals surface area contributed by atoms with Crippen molar-refractivity contribution in [2.75, 3.05) is 0 Å². The molecule has 0 saturated carbocycles. The Morgan fingerprint density at radius 2 is 1.89 bits per heavy atom. The summed E-state index contributed by atoms with van der Waals surface area (Å²) in [5, 5.41) is 18.6. The molecule has 1 fully saturated rings. The van der Waals surface area contributed by atoms with Crippen LogP contribution in [0.15, 0.2) is 12.3 Å². The normalized spacial score (nSPS) is 20.3. The Hall–Kier alpha value is -1.42. The third-order valence-electron chi connectivity index (χ3n) is 3.83. The van der Waals surface area contributed by atoms with Crippen LogP contribution in [0.5, 0.6) is 0 Å². The molecule has 0 spiro atoms. The molecule has 5 nitrogen and oxygen atoms in total. The highest BCUT2D eigenvalue weighted by atomic mass is 16.7. The minimum atomic E-state index is -0.685. The second-order valence-corrected chi connectivity index (χ2v) is 5.58. The van der Waals surface area contributed by atoms with Crippen molar-refractivity contribution in [2.24, 2.45) is 0 Å². The van der Waals surface area contributed by atoms with Crippen molar-refractivity contribution in [3.63, 3.8) is 0 Å². The van der Waals surface area contributed by atoms with Crippen molar-refractivity contribution in [1.82, 2.24) is 4.98 Å². The van der Waals surface area contributed by atoms with Gasteiger partial charge < -0.3 is 14.4 Å². The van der Waals surface area contributed by atoms with Gasteiger partial charge in [0.1, 0.15) is 0 Å². The SMILES string of the molecule is CC1(C)OB(c2c(C#N)ccnc2CO)OC1(C)C. The van der Waals surface area contributed by atoms with Gasteiger partial charge in [-0.1, -0.05) is 0 Å². The van der Waals surface area contributed by atoms with Crippen LogP contribution in [0, 0.1) is 11.3 Å². The summed E-state index contributed by atoms with van der Waals surface area (Å²) in [6, 6.07) is 3.69. The monoisotopic (exact) mass is 260 g/mol. The maximum absolute atomic E-state index is 9.38. The average molecular weight is 260 g/mol. The molecule has 1 N–H and O–H groups in total. The Bertz CT molecular complexity index is 521. The molecule has 1 aliphatic heterocycles. The minimum Gasteiger partial charge on any atom is -0.399 e. The molecular weight excluding hydrogens is 243 g/mol. The van der Waals surface area contributed by atoms with Crippen LogP contribution in [0.25, 0.3) is 0 Å². The number of aliphatic hydroxyl groups excluding tert-OH is 1. The van der Waals surface area contributed by atoms with Crippen LogP contribution in [0.2, 0.25) is 0 Å². The molecule has 1 aliphatic rings. The summed E-state index contributed by atoms with van der Waals surface area (Å²) in [6.07, 6.45) is 1.50. The number of pyridine rings is 1. The third-order valence-corrected chi connectivity index (χ3v) is 3.83. The van der Waals surface area contributed by atoms with Crippen LogP contribution in [0.3, 0.4) is 0 Å². The summed E-state index contributed by atoms with van der Waals surface area (Å²) < 4.78 is 11.8. The Kier molecular flexibility index (Phi) is 3.39. The Morgan fingerprint density at radius 1 is 1.32 bits per heavy atom. The molecule has 0 atom stereocenters. The molecule has 0 aromatic carbocycles. The largest absolute Gasteiger partial charge is 0.498 e. The molecular formula is C13H17BN2O3. The van der Waals surface area contributed by atoms with E-state index in [0.29, 0.717) is 16.7 Å². The minimum absolute atomic E-state index is 0.255. The van der Waals surface area contributed by atoms with Crippen LogP contribution in [0.4, 0.5) is 0 Å². The Balaban J connectivity index is 2.48. The maximum Gasteiger partial charge on any atom is 0.498 e. The van der Waals surface area contributed by atoms with E-state index in [9.17, 15) is 10.4 Å². The molecule has 0 unspecified atom stereocenters. The summed E-state index contributed by atoms with van der Waals surface area (Å²) in [5.74, 6) is 0. The van der Waals surface area contributed by atoms with Gasteiger partial charge in [0.2, 0.25) is 0 Å². The third kappa shape index (κ3) is 2.25. The number of nitriles is 1. The highest BCUT2D eigenvalue weighted by Crippen LogP contribution is 2.36. The molecule has 1 aromatic rings. The topological polar surface area (TPSA) is 75.4 Å². The summed E-state index contributed by atoms with van der Waals surface area (Å²) in [6.45, 7) is 7.50. The number of aromatic nitrogens is 1. The van der Waals surface area contributed by atoms with E-state index in [2.05, 4.69) is 11.1 Å². The van der Waals surface area contributed by atoms with Gasteiger partial charge in [0, 0.05) is 11.7 Å². The van der Waals surface area contributed by atoms with E-state index in [4.69, 9.17) is 9.31 Å². The van der Waals surface area contributed by atoms with Crippen LogP contribution in [0.1, 0.15) is 39.0 Å². The quantitative estimate of drug-likeness (QED) is 0.794. The van der Waals surface area contributed by atoms with Crippen molar-refractivity contribution in [2.45, 2.75) is 45.5 Å². The number of hydrogen-bond acceptors (Lipinski definition) is 5. The van der Waals surface area contributed by atoms with Gasteiger partial charge in [-0.15, -0.1) is 0 Å². The smallest absolute Gasteiger partial charge is 0.399 e. The molecule has 0 bridgehead atoms. The van der Waals surface area contributed by atoms with E-state index >= 15 is 0 Å². The van der Waals surface area contributed by atoms with Crippen molar-refractivity contribution < 1.29 is 14.4 Å². The lowest BCUT2D eigenvalue weighted by Crippen LogP contribution is -2.41. The molecule has 100 valence electrons. The average Bonchev–Trinajstić information content (AvgIpc) is 2.57.